The first-order chi connectivity index (χ1) is 9.65. The normalized spacial score (nSPS) is 16.4. The highest BCUT2D eigenvalue weighted by Crippen LogP contribution is 2.33. The summed E-state index contributed by atoms with van der Waals surface area (Å²) >= 11 is 0. The molecule has 0 bridgehead atoms. The predicted octanol–water partition coefficient (Wildman–Crippen LogP) is 4.12. The summed E-state index contributed by atoms with van der Waals surface area (Å²) in [7, 11) is 0. The lowest BCUT2D eigenvalue weighted by Crippen LogP contribution is -2.09. The Morgan fingerprint density at radius 1 is 1.20 bits per heavy atom. The second kappa shape index (κ2) is 5.19. The minimum atomic E-state index is -0.985. The SMILES string of the molecule is O=C(O)c1cc(C2CCCCC2)nc2cc(F)ccc12. The molecule has 1 fully saturated rings. The number of hydrogen-bond acceptors (Lipinski definition) is 2. The topological polar surface area (TPSA) is 50.2 Å². The molecule has 0 amide bonds. The molecule has 3 rings (SSSR count). The number of nitrogens with zero attached hydrogens (tertiary/aromatic N) is 1. The van der Waals surface area contributed by atoms with Crippen LogP contribution in [0.3, 0.4) is 0 Å². The lowest BCUT2D eigenvalue weighted by molar-refractivity contribution is 0.0698. The third-order valence-corrected chi connectivity index (χ3v) is 4.05. The van der Waals surface area contributed by atoms with Crippen LogP contribution in [-0.2, 0) is 0 Å². The van der Waals surface area contributed by atoms with Crippen molar-refractivity contribution >= 4 is 16.9 Å². The van der Waals surface area contributed by atoms with E-state index in [1.807, 2.05) is 0 Å². The first kappa shape index (κ1) is 13.0. The maximum absolute atomic E-state index is 13.4. The molecular weight excluding hydrogens is 257 g/mol. The van der Waals surface area contributed by atoms with Crippen molar-refractivity contribution in [2.75, 3.05) is 0 Å². The summed E-state index contributed by atoms with van der Waals surface area (Å²) in [4.78, 5) is 15.9. The second-order valence-corrected chi connectivity index (χ2v) is 5.40. The van der Waals surface area contributed by atoms with E-state index < -0.39 is 5.97 Å². The van der Waals surface area contributed by atoms with Gasteiger partial charge in [-0.15, -0.1) is 0 Å². The van der Waals surface area contributed by atoms with E-state index in [2.05, 4.69) is 4.98 Å². The van der Waals surface area contributed by atoms with Gasteiger partial charge >= 0.3 is 5.97 Å². The summed E-state index contributed by atoms with van der Waals surface area (Å²) in [5, 5.41) is 9.85. The minimum absolute atomic E-state index is 0.218. The van der Waals surface area contributed by atoms with Gasteiger partial charge < -0.3 is 5.11 Å². The maximum atomic E-state index is 13.4. The molecule has 0 aliphatic heterocycles. The number of aromatic carboxylic acids is 1. The number of carboxylic acids is 1. The Morgan fingerprint density at radius 3 is 2.65 bits per heavy atom. The highest BCUT2D eigenvalue weighted by Gasteiger charge is 2.20. The Morgan fingerprint density at radius 2 is 1.95 bits per heavy atom. The molecule has 1 aromatic carbocycles. The smallest absolute Gasteiger partial charge is 0.336 e. The van der Waals surface area contributed by atoms with E-state index in [0.717, 1.165) is 31.4 Å². The first-order valence-electron chi connectivity index (χ1n) is 6.98. The van der Waals surface area contributed by atoms with Gasteiger partial charge in [0.2, 0.25) is 0 Å². The number of fused-ring (bicyclic) bond motifs is 1. The number of rotatable bonds is 2. The summed E-state index contributed by atoms with van der Waals surface area (Å²) in [6.45, 7) is 0. The summed E-state index contributed by atoms with van der Waals surface area (Å²) in [5.41, 5.74) is 1.45. The van der Waals surface area contributed by atoms with Gasteiger partial charge in [-0.1, -0.05) is 19.3 Å². The van der Waals surface area contributed by atoms with Crippen molar-refractivity contribution in [3.63, 3.8) is 0 Å². The van der Waals surface area contributed by atoms with Gasteiger partial charge in [-0.25, -0.2) is 9.18 Å². The van der Waals surface area contributed by atoms with E-state index in [4.69, 9.17) is 0 Å². The zero-order valence-electron chi connectivity index (χ0n) is 11.1. The van der Waals surface area contributed by atoms with Gasteiger partial charge in [0, 0.05) is 23.1 Å². The zero-order chi connectivity index (χ0) is 14.1. The van der Waals surface area contributed by atoms with Crippen molar-refractivity contribution in [3.8, 4) is 0 Å². The fourth-order valence-corrected chi connectivity index (χ4v) is 3.01. The third-order valence-electron chi connectivity index (χ3n) is 4.05. The van der Waals surface area contributed by atoms with Crippen LogP contribution in [0.15, 0.2) is 24.3 Å². The molecule has 0 saturated heterocycles. The molecule has 104 valence electrons. The molecule has 1 aliphatic carbocycles. The van der Waals surface area contributed by atoms with Gasteiger partial charge in [-0.05, 0) is 31.0 Å². The number of pyridine rings is 1. The van der Waals surface area contributed by atoms with Gasteiger partial charge in [0.05, 0.1) is 11.1 Å². The molecule has 0 atom stereocenters. The largest absolute Gasteiger partial charge is 0.478 e. The summed E-state index contributed by atoms with van der Waals surface area (Å²) in [6.07, 6.45) is 5.59. The van der Waals surface area contributed by atoms with Crippen molar-refractivity contribution in [2.24, 2.45) is 0 Å². The Kier molecular flexibility index (Phi) is 3.38. The number of benzene rings is 1. The number of halogens is 1. The van der Waals surface area contributed by atoms with Crippen LogP contribution in [0.1, 0.15) is 54.1 Å². The van der Waals surface area contributed by atoms with Crippen molar-refractivity contribution in [2.45, 2.75) is 38.0 Å². The number of hydrogen-bond donors (Lipinski definition) is 1. The van der Waals surface area contributed by atoms with Crippen molar-refractivity contribution < 1.29 is 14.3 Å². The highest BCUT2D eigenvalue weighted by atomic mass is 19.1. The second-order valence-electron chi connectivity index (χ2n) is 5.40. The summed E-state index contributed by atoms with van der Waals surface area (Å²) < 4.78 is 13.4. The van der Waals surface area contributed by atoms with Crippen LogP contribution < -0.4 is 0 Å². The Labute approximate surface area is 116 Å². The molecule has 1 heterocycles. The minimum Gasteiger partial charge on any atom is -0.478 e. The zero-order valence-corrected chi connectivity index (χ0v) is 11.1. The van der Waals surface area contributed by atoms with Crippen molar-refractivity contribution in [3.05, 3.63) is 41.3 Å². The van der Waals surface area contributed by atoms with E-state index in [0.29, 0.717) is 16.8 Å². The van der Waals surface area contributed by atoms with E-state index in [1.165, 1.54) is 24.6 Å². The van der Waals surface area contributed by atoms with Crippen LogP contribution >= 0.6 is 0 Å². The molecule has 0 unspecified atom stereocenters. The standard InChI is InChI=1S/C16H16FNO2/c17-11-6-7-12-13(16(19)20)9-14(18-15(12)8-11)10-4-2-1-3-5-10/h6-10H,1-5H2,(H,19,20). The lowest BCUT2D eigenvalue weighted by atomic mass is 9.86. The number of aromatic nitrogens is 1. The molecule has 2 aromatic rings. The number of carbonyl (C=O) groups is 1. The van der Waals surface area contributed by atoms with Gasteiger partial charge in [0.15, 0.2) is 0 Å². The van der Waals surface area contributed by atoms with Crippen molar-refractivity contribution in [1.82, 2.24) is 4.98 Å². The van der Waals surface area contributed by atoms with Crippen LogP contribution in [0.2, 0.25) is 0 Å². The van der Waals surface area contributed by atoms with Crippen LogP contribution in [0.5, 0.6) is 0 Å². The molecule has 0 radical (unpaired) electrons. The van der Waals surface area contributed by atoms with Crippen LogP contribution in [0, 0.1) is 5.82 Å². The maximum Gasteiger partial charge on any atom is 0.336 e. The predicted molar refractivity (Wildman–Crippen MR) is 74.5 cm³/mol. The van der Waals surface area contributed by atoms with Gasteiger partial charge in [0.25, 0.3) is 0 Å². The van der Waals surface area contributed by atoms with E-state index >= 15 is 0 Å². The lowest BCUT2D eigenvalue weighted by Gasteiger charge is -2.21. The molecule has 4 heteroatoms. The summed E-state index contributed by atoms with van der Waals surface area (Å²) in [6, 6.07) is 5.75. The number of carboxylic acid groups (broad SMARTS) is 1. The Hall–Kier alpha value is -1.97. The van der Waals surface area contributed by atoms with E-state index in [9.17, 15) is 14.3 Å². The highest BCUT2D eigenvalue weighted by molar-refractivity contribution is 6.02. The van der Waals surface area contributed by atoms with Crippen LogP contribution in [-0.4, -0.2) is 16.1 Å². The molecule has 0 spiro atoms. The first-order valence-corrected chi connectivity index (χ1v) is 6.98. The van der Waals surface area contributed by atoms with Gasteiger partial charge in [0.1, 0.15) is 5.82 Å². The molecule has 20 heavy (non-hydrogen) atoms. The molecule has 1 aliphatic rings. The average Bonchev–Trinajstić information content (AvgIpc) is 2.46. The Balaban J connectivity index is 2.15. The van der Waals surface area contributed by atoms with Crippen LogP contribution in [0.4, 0.5) is 4.39 Å². The average molecular weight is 273 g/mol. The van der Waals surface area contributed by atoms with Crippen molar-refractivity contribution in [1.29, 1.82) is 0 Å². The van der Waals surface area contributed by atoms with E-state index in [-0.39, 0.29) is 11.4 Å². The van der Waals surface area contributed by atoms with Gasteiger partial charge in [-0.2, -0.15) is 0 Å². The molecule has 1 aromatic heterocycles. The molecule has 1 N–H and O–H groups in total. The molecule has 3 nitrogen and oxygen atoms in total. The fraction of sp³-hybridized carbons (Fsp3) is 0.375. The Bertz CT molecular complexity index is 663. The fourth-order valence-electron chi connectivity index (χ4n) is 3.01. The van der Waals surface area contributed by atoms with E-state index in [1.54, 1.807) is 6.07 Å². The van der Waals surface area contributed by atoms with Crippen LogP contribution in [0.25, 0.3) is 10.9 Å². The van der Waals surface area contributed by atoms with Gasteiger partial charge in [-0.3, -0.25) is 4.98 Å². The molecule has 1 saturated carbocycles. The summed E-state index contributed by atoms with van der Waals surface area (Å²) in [5.74, 6) is -1.07. The monoisotopic (exact) mass is 273 g/mol. The molecular formula is C16H16FNO2. The quantitative estimate of drug-likeness (QED) is 0.895. The third kappa shape index (κ3) is 2.38.